The van der Waals surface area contributed by atoms with Crippen molar-refractivity contribution in [1.82, 2.24) is 0 Å². The topological polar surface area (TPSA) is 37.3 Å². The summed E-state index contributed by atoms with van der Waals surface area (Å²) in [5, 5.41) is 10.4. The zero-order chi connectivity index (χ0) is 13.3. The summed E-state index contributed by atoms with van der Waals surface area (Å²) in [5.41, 5.74) is 0.961. The normalized spacial score (nSPS) is 11.9. The molecule has 1 aromatic carbocycles. The number of carbonyl (C=O) groups is 1. The standard InChI is InChI=1S/C14H16O2S2/c1-14(2,3)17-8-10-9-6-4-5-7-11(9)18-12(10)13(15)16/h4-7H,8H2,1-3H3,(H,15,16). The maximum Gasteiger partial charge on any atom is 0.346 e. The smallest absolute Gasteiger partial charge is 0.346 e. The number of thiophene rings is 1. The van der Waals surface area contributed by atoms with Gasteiger partial charge in [-0.1, -0.05) is 39.0 Å². The Morgan fingerprint density at radius 3 is 2.61 bits per heavy atom. The third kappa shape index (κ3) is 2.87. The highest BCUT2D eigenvalue weighted by molar-refractivity contribution is 7.99. The molecule has 0 aliphatic rings. The summed E-state index contributed by atoms with van der Waals surface area (Å²) in [6, 6.07) is 7.91. The molecule has 2 rings (SSSR count). The number of benzene rings is 1. The van der Waals surface area contributed by atoms with E-state index < -0.39 is 5.97 Å². The summed E-state index contributed by atoms with van der Waals surface area (Å²) >= 11 is 3.15. The van der Waals surface area contributed by atoms with E-state index in [0.717, 1.165) is 21.4 Å². The van der Waals surface area contributed by atoms with Gasteiger partial charge in [-0.05, 0) is 17.0 Å². The molecule has 0 radical (unpaired) electrons. The van der Waals surface area contributed by atoms with Crippen molar-refractivity contribution < 1.29 is 9.90 Å². The van der Waals surface area contributed by atoms with E-state index in [1.807, 2.05) is 24.3 Å². The van der Waals surface area contributed by atoms with Crippen molar-refractivity contribution in [2.24, 2.45) is 0 Å². The lowest BCUT2D eigenvalue weighted by Crippen LogP contribution is -2.08. The fourth-order valence-corrected chi connectivity index (χ4v) is 3.73. The van der Waals surface area contributed by atoms with Gasteiger partial charge in [0.15, 0.2) is 0 Å². The Morgan fingerprint density at radius 1 is 1.33 bits per heavy atom. The van der Waals surface area contributed by atoms with Crippen LogP contribution >= 0.6 is 23.1 Å². The molecule has 96 valence electrons. The third-order valence-corrected chi connectivity index (χ3v) is 5.04. The first kappa shape index (κ1) is 13.4. The van der Waals surface area contributed by atoms with E-state index in [-0.39, 0.29) is 4.75 Å². The molecule has 18 heavy (non-hydrogen) atoms. The molecule has 0 amide bonds. The number of aromatic carboxylic acids is 1. The molecule has 0 aliphatic heterocycles. The lowest BCUT2D eigenvalue weighted by molar-refractivity contribution is 0.0701. The Morgan fingerprint density at radius 2 is 2.00 bits per heavy atom. The van der Waals surface area contributed by atoms with Gasteiger partial charge in [-0.2, -0.15) is 11.8 Å². The van der Waals surface area contributed by atoms with Crippen LogP contribution in [0.5, 0.6) is 0 Å². The number of carboxylic acids is 1. The second-order valence-electron chi connectivity index (χ2n) is 5.11. The van der Waals surface area contributed by atoms with Gasteiger partial charge in [-0.15, -0.1) is 11.3 Å². The molecule has 0 saturated heterocycles. The minimum atomic E-state index is -0.819. The Balaban J connectivity index is 2.45. The molecule has 0 saturated carbocycles. The van der Waals surface area contributed by atoms with Crippen molar-refractivity contribution in [3.8, 4) is 0 Å². The molecule has 2 aromatic rings. The van der Waals surface area contributed by atoms with Gasteiger partial charge in [0.25, 0.3) is 0 Å². The summed E-state index contributed by atoms with van der Waals surface area (Å²) in [5.74, 6) is -0.0736. The molecule has 0 spiro atoms. The van der Waals surface area contributed by atoms with Crippen molar-refractivity contribution >= 4 is 39.2 Å². The zero-order valence-corrected chi connectivity index (χ0v) is 12.3. The van der Waals surface area contributed by atoms with Gasteiger partial charge < -0.3 is 5.11 Å². The van der Waals surface area contributed by atoms with E-state index in [2.05, 4.69) is 20.8 Å². The fraction of sp³-hybridized carbons (Fsp3) is 0.357. The Kier molecular flexibility index (Phi) is 3.69. The first-order valence-corrected chi connectivity index (χ1v) is 7.56. The van der Waals surface area contributed by atoms with Gasteiger partial charge >= 0.3 is 5.97 Å². The van der Waals surface area contributed by atoms with Gasteiger partial charge in [0, 0.05) is 15.2 Å². The number of fused-ring (bicyclic) bond motifs is 1. The summed E-state index contributed by atoms with van der Waals surface area (Å²) in [4.78, 5) is 11.8. The molecule has 1 aromatic heterocycles. The van der Waals surface area contributed by atoms with Crippen LogP contribution < -0.4 is 0 Å². The van der Waals surface area contributed by atoms with Crippen molar-refractivity contribution in [3.63, 3.8) is 0 Å². The molecule has 1 heterocycles. The van der Waals surface area contributed by atoms with Crippen LogP contribution in [0.1, 0.15) is 36.0 Å². The predicted molar refractivity (Wildman–Crippen MR) is 79.8 cm³/mol. The number of rotatable bonds is 3. The highest BCUT2D eigenvalue weighted by Gasteiger charge is 2.19. The van der Waals surface area contributed by atoms with Gasteiger partial charge in [0.2, 0.25) is 0 Å². The molecule has 2 nitrogen and oxygen atoms in total. The van der Waals surface area contributed by atoms with Crippen LogP contribution in [-0.2, 0) is 5.75 Å². The van der Waals surface area contributed by atoms with E-state index in [0.29, 0.717) is 4.88 Å². The first-order valence-electron chi connectivity index (χ1n) is 5.76. The summed E-state index contributed by atoms with van der Waals surface area (Å²) in [7, 11) is 0. The van der Waals surface area contributed by atoms with Crippen LogP contribution in [0.15, 0.2) is 24.3 Å². The van der Waals surface area contributed by atoms with Crippen LogP contribution in [-0.4, -0.2) is 15.8 Å². The van der Waals surface area contributed by atoms with Gasteiger partial charge in [-0.3, -0.25) is 0 Å². The lowest BCUT2D eigenvalue weighted by Gasteiger charge is -2.17. The Labute approximate surface area is 115 Å². The summed E-state index contributed by atoms with van der Waals surface area (Å²) in [6.07, 6.45) is 0. The van der Waals surface area contributed by atoms with E-state index in [9.17, 15) is 9.90 Å². The number of hydrogen-bond donors (Lipinski definition) is 1. The van der Waals surface area contributed by atoms with E-state index in [4.69, 9.17) is 0 Å². The zero-order valence-electron chi connectivity index (χ0n) is 10.7. The maximum absolute atomic E-state index is 11.3. The third-order valence-electron chi connectivity index (χ3n) is 2.54. The van der Waals surface area contributed by atoms with E-state index >= 15 is 0 Å². The number of hydrogen-bond acceptors (Lipinski definition) is 3. The van der Waals surface area contributed by atoms with Crippen LogP contribution in [0.25, 0.3) is 10.1 Å². The Bertz CT molecular complexity index is 579. The summed E-state index contributed by atoms with van der Waals surface area (Å²) < 4.78 is 1.19. The molecular weight excluding hydrogens is 264 g/mol. The lowest BCUT2D eigenvalue weighted by atomic mass is 10.1. The molecule has 4 heteroatoms. The fourth-order valence-electron chi connectivity index (χ4n) is 1.70. The highest BCUT2D eigenvalue weighted by atomic mass is 32.2. The molecule has 0 atom stereocenters. The van der Waals surface area contributed by atoms with Crippen LogP contribution in [0, 0.1) is 0 Å². The van der Waals surface area contributed by atoms with Crippen LogP contribution in [0.3, 0.4) is 0 Å². The monoisotopic (exact) mass is 280 g/mol. The SMILES string of the molecule is CC(C)(C)SCc1c(C(=O)O)sc2ccccc12. The molecular formula is C14H16O2S2. The molecule has 0 aliphatic carbocycles. The second-order valence-corrected chi connectivity index (χ2v) is 7.97. The number of carboxylic acid groups (broad SMARTS) is 1. The molecule has 0 fully saturated rings. The van der Waals surface area contributed by atoms with E-state index in [1.165, 1.54) is 11.3 Å². The Hall–Kier alpha value is -1.00. The van der Waals surface area contributed by atoms with Crippen LogP contribution in [0.4, 0.5) is 0 Å². The molecule has 0 unspecified atom stereocenters. The van der Waals surface area contributed by atoms with Crippen molar-refractivity contribution in [3.05, 3.63) is 34.7 Å². The maximum atomic E-state index is 11.3. The van der Waals surface area contributed by atoms with Gasteiger partial charge in [0.05, 0.1) is 0 Å². The first-order chi connectivity index (χ1) is 8.38. The van der Waals surface area contributed by atoms with Crippen molar-refractivity contribution in [2.45, 2.75) is 31.3 Å². The minimum Gasteiger partial charge on any atom is -0.477 e. The average molecular weight is 280 g/mol. The van der Waals surface area contributed by atoms with Crippen molar-refractivity contribution in [1.29, 1.82) is 0 Å². The second kappa shape index (κ2) is 4.94. The number of thioether (sulfide) groups is 1. The van der Waals surface area contributed by atoms with Crippen LogP contribution in [0.2, 0.25) is 0 Å². The highest BCUT2D eigenvalue weighted by Crippen LogP contribution is 2.36. The van der Waals surface area contributed by atoms with E-state index in [1.54, 1.807) is 11.8 Å². The quantitative estimate of drug-likeness (QED) is 0.890. The predicted octanol–water partition coefficient (Wildman–Crippen LogP) is 4.63. The molecule has 1 N–H and O–H groups in total. The largest absolute Gasteiger partial charge is 0.477 e. The minimum absolute atomic E-state index is 0.138. The van der Waals surface area contributed by atoms with Gasteiger partial charge in [-0.25, -0.2) is 4.79 Å². The van der Waals surface area contributed by atoms with Gasteiger partial charge in [0.1, 0.15) is 4.88 Å². The van der Waals surface area contributed by atoms with Crippen molar-refractivity contribution in [2.75, 3.05) is 0 Å². The summed E-state index contributed by atoms with van der Waals surface area (Å²) in [6.45, 7) is 6.44. The average Bonchev–Trinajstić information content (AvgIpc) is 2.64. The molecule has 0 bridgehead atoms.